The summed E-state index contributed by atoms with van der Waals surface area (Å²) >= 11 is 0. The van der Waals surface area contributed by atoms with Crippen molar-refractivity contribution < 1.29 is 9.59 Å². The second kappa shape index (κ2) is 8.71. The molecule has 3 rings (SSSR count). The fraction of sp³-hybridized carbons (Fsp3) is 0.143. The smallest absolute Gasteiger partial charge is 0.259 e. The van der Waals surface area contributed by atoms with Gasteiger partial charge in [-0.15, -0.1) is 0 Å². The summed E-state index contributed by atoms with van der Waals surface area (Å²) < 4.78 is 0. The molecule has 0 bridgehead atoms. The van der Waals surface area contributed by atoms with Gasteiger partial charge >= 0.3 is 0 Å². The zero-order chi connectivity index (χ0) is 19.1. The third kappa shape index (κ3) is 4.55. The van der Waals surface area contributed by atoms with E-state index in [-0.39, 0.29) is 11.8 Å². The largest absolute Gasteiger partial charge is 0.346 e. The van der Waals surface area contributed by atoms with Crippen LogP contribution in [0.5, 0.6) is 0 Å². The van der Waals surface area contributed by atoms with Gasteiger partial charge < -0.3 is 10.2 Å². The van der Waals surface area contributed by atoms with E-state index in [0.29, 0.717) is 24.2 Å². The minimum Gasteiger partial charge on any atom is -0.346 e. The molecule has 0 saturated heterocycles. The number of nitrogens with zero attached hydrogens (tertiary/aromatic N) is 3. The van der Waals surface area contributed by atoms with Gasteiger partial charge in [0.2, 0.25) is 0 Å². The maximum absolute atomic E-state index is 12.9. The van der Waals surface area contributed by atoms with Crippen molar-refractivity contribution >= 4 is 17.5 Å². The number of carbonyl (C=O) groups excluding carboxylic acids is 2. The molecule has 0 aliphatic carbocycles. The number of aromatic nitrogens is 2. The quantitative estimate of drug-likeness (QED) is 0.733. The van der Waals surface area contributed by atoms with E-state index < -0.39 is 0 Å². The maximum Gasteiger partial charge on any atom is 0.259 e. The predicted molar refractivity (Wildman–Crippen MR) is 103 cm³/mol. The zero-order valence-electron chi connectivity index (χ0n) is 15.0. The van der Waals surface area contributed by atoms with E-state index in [0.717, 1.165) is 11.4 Å². The number of anilines is 1. The number of pyridine rings is 2. The summed E-state index contributed by atoms with van der Waals surface area (Å²) in [4.78, 5) is 35.2. The molecular weight excluding hydrogens is 340 g/mol. The summed E-state index contributed by atoms with van der Waals surface area (Å²) in [5, 5.41) is 2.79. The number of hydrogen-bond donors (Lipinski definition) is 1. The number of hydrogen-bond acceptors (Lipinski definition) is 4. The lowest BCUT2D eigenvalue weighted by Crippen LogP contribution is -2.31. The second-order valence-electron chi connectivity index (χ2n) is 5.85. The average Bonchev–Trinajstić information content (AvgIpc) is 2.74. The van der Waals surface area contributed by atoms with E-state index in [4.69, 9.17) is 0 Å². The molecule has 1 N–H and O–H groups in total. The molecule has 0 spiro atoms. The Balaban J connectivity index is 1.74. The fourth-order valence-electron chi connectivity index (χ4n) is 2.66. The fourth-order valence-corrected chi connectivity index (χ4v) is 2.66. The lowest BCUT2D eigenvalue weighted by Gasteiger charge is -2.21. The molecule has 1 aromatic carbocycles. The van der Waals surface area contributed by atoms with Gasteiger partial charge in [0.1, 0.15) is 0 Å². The van der Waals surface area contributed by atoms with Crippen molar-refractivity contribution in [3.63, 3.8) is 0 Å². The first-order chi connectivity index (χ1) is 13.2. The third-order valence-corrected chi connectivity index (χ3v) is 4.03. The molecule has 0 aliphatic rings. The van der Waals surface area contributed by atoms with Crippen molar-refractivity contribution in [1.82, 2.24) is 15.3 Å². The van der Waals surface area contributed by atoms with Crippen molar-refractivity contribution in [2.24, 2.45) is 0 Å². The van der Waals surface area contributed by atoms with Crippen LogP contribution in [0.4, 0.5) is 5.69 Å². The molecule has 0 radical (unpaired) electrons. The van der Waals surface area contributed by atoms with Gasteiger partial charge in [0.15, 0.2) is 0 Å². The minimum atomic E-state index is -0.300. The van der Waals surface area contributed by atoms with Crippen LogP contribution in [0.25, 0.3) is 0 Å². The highest BCUT2D eigenvalue weighted by atomic mass is 16.2. The second-order valence-corrected chi connectivity index (χ2v) is 5.85. The summed E-state index contributed by atoms with van der Waals surface area (Å²) in [6.07, 6.45) is 4.60. The van der Waals surface area contributed by atoms with Gasteiger partial charge in [0, 0.05) is 30.8 Å². The summed E-state index contributed by atoms with van der Waals surface area (Å²) in [5.41, 5.74) is 2.26. The van der Waals surface area contributed by atoms with Gasteiger partial charge in [0.25, 0.3) is 11.8 Å². The van der Waals surface area contributed by atoms with Crippen molar-refractivity contribution in [2.75, 3.05) is 11.4 Å². The van der Waals surface area contributed by atoms with Crippen LogP contribution in [0.3, 0.4) is 0 Å². The Morgan fingerprint density at radius 3 is 2.44 bits per heavy atom. The van der Waals surface area contributed by atoms with E-state index in [1.807, 2.05) is 55.5 Å². The van der Waals surface area contributed by atoms with Gasteiger partial charge in [-0.25, -0.2) is 0 Å². The normalized spacial score (nSPS) is 10.3. The summed E-state index contributed by atoms with van der Waals surface area (Å²) in [6, 6.07) is 16.5. The molecule has 27 heavy (non-hydrogen) atoms. The summed E-state index contributed by atoms with van der Waals surface area (Å²) in [6.45, 7) is 2.73. The number of carbonyl (C=O) groups is 2. The first-order valence-electron chi connectivity index (χ1n) is 8.69. The summed E-state index contributed by atoms with van der Waals surface area (Å²) in [7, 11) is 0. The molecule has 2 aromatic heterocycles. The zero-order valence-corrected chi connectivity index (χ0v) is 15.0. The Hall–Kier alpha value is -3.54. The van der Waals surface area contributed by atoms with E-state index in [1.54, 1.807) is 17.2 Å². The molecule has 2 heterocycles. The monoisotopic (exact) mass is 360 g/mol. The highest BCUT2D eigenvalue weighted by Gasteiger charge is 2.18. The van der Waals surface area contributed by atoms with Crippen LogP contribution in [0.15, 0.2) is 73.2 Å². The Morgan fingerprint density at radius 1 is 1.00 bits per heavy atom. The van der Waals surface area contributed by atoms with Crippen molar-refractivity contribution in [2.45, 2.75) is 13.5 Å². The maximum atomic E-state index is 12.9. The minimum absolute atomic E-state index is 0.199. The molecular formula is C21H20N4O2. The first kappa shape index (κ1) is 18.3. The topological polar surface area (TPSA) is 75.2 Å². The lowest BCUT2D eigenvalue weighted by molar-refractivity contribution is 0.0950. The van der Waals surface area contributed by atoms with E-state index >= 15 is 0 Å². The van der Waals surface area contributed by atoms with E-state index in [9.17, 15) is 9.59 Å². The van der Waals surface area contributed by atoms with E-state index in [1.165, 1.54) is 12.4 Å². The predicted octanol–water partition coefficient (Wildman–Crippen LogP) is 3.07. The molecule has 0 aliphatic heterocycles. The standard InChI is InChI=1S/C21H20N4O2/c1-2-25(19-9-4-3-5-10-19)21(27)17-12-16(13-22-14-17)20(26)24-15-18-8-6-7-11-23-18/h3-14H,2,15H2,1H3,(H,24,26). The number of rotatable bonds is 6. The van der Waals surface area contributed by atoms with Crippen LogP contribution in [0, 0.1) is 0 Å². The van der Waals surface area contributed by atoms with Crippen LogP contribution in [0.2, 0.25) is 0 Å². The highest BCUT2D eigenvalue weighted by Crippen LogP contribution is 2.16. The van der Waals surface area contributed by atoms with Crippen LogP contribution in [0.1, 0.15) is 33.3 Å². The van der Waals surface area contributed by atoms with Gasteiger partial charge in [0.05, 0.1) is 23.4 Å². The molecule has 0 unspecified atom stereocenters. The van der Waals surface area contributed by atoms with Gasteiger partial charge in [-0.05, 0) is 37.3 Å². The van der Waals surface area contributed by atoms with Crippen LogP contribution in [-0.2, 0) is 6.54 Å². The number of nitrogens with one attached hydrogen (secondary N) is 1. The Kier molecular flexibility index (Phi) is 5.89. The van der Waals surface area contributed by atoms with Crippen LogP contribution in [-0.4, -0.2) is 28.3 Å². The average molecular weight is 360 g/mol. The Bertz CT molecular complexity index is 914. The third-order valence-electron chi connectivity index (χ3n) is 4.03. The first-order valence-corrected chi connectivity index (χ1v) is 8.69. The lowest BCUT2D eigenvalue weighted by atomic mass is 10.1. The van der Waals surface area contributed by atoms with Gasteiger partial charge in [-0.2, -0.15) is 0 Å². The Labute approximate surface area is 157 Å². The molecule has 6 nitrogen and oxygen atoms in total. The van der Waals surface area contributed by atoms with Gasteiger partial charge in [-0.1, -0.05) is 24.3 Å². The number of para-hydroxylation sites is 1. The van der Waals surface area contributed by atoms with Gasteiger partial charge in [-0.3, -0.25) is 19.6 Å². The molecule has 6 heteroatoms. The molecule has 0 saturated carbocycles. The van der Waals surface area contributed by atoms with Crippen molar-refractivity contribution in [3.8, 4) is 0 Å². The van der Waals surface area contributed by atoms with Crippen LogP contribution >= 0.6 is 0 Å². The number of amides is 2. The van der Waals surface area contributed by atoms with Crippen molar-refractivity contribution in [1.29, 1.82) is 0 Å². The molecule has 136 valence electrons. The molecule has 2 amide bonds. The summed E-state index contributed by atoms with van der Waals surface area (Å²) in [5.74, 6) is -0.499. The van der Waals surface area contributed by atoms with Crippen molar-refractivity contribution in [3.05, 3.63) is 90.0 Å². The van der Waals surface area contributed by atoms with Crippen LogP contribution < -0.4 is 10.2 Å². The number of benzene rings is 1. The van der Waals surface area contributed by atoms with E-state index in [2.05, 4.69) is 15.3 Å². The molecule has 3 aromatic rings. The molecule has 0 fully saturated rings. The SMILES string of the molecule is CCN(C(=O)c1cncc(C(=O)NCc2ccccn2)c1)c1ccccc1. The Morgan fingerprint density at radius 2 is 1.74 bits per heavy atom. The molecule has 0 atom stereocenters. The highest BCUT2D eigenvalue weighted by molar-refractivity contribution is 6.07.